The zero-order chi connectivity index (χ0) is 18.1. The highest BCUT2D eigenvalue weighted by Crippen LogP contribution is 2.32. The van der Waals surface area contributed by atoms with Gasteiger partial charge in [0.15, 0.2) is 4.80 Å². The first-order valence-corrected chi connectivity index (χ1v) is 8.94. The predicted molar refractivity (Wildman–Crippen MR) is 96.5 cm³/mol. The van der Waals surface area contributed by atoms with Crippen LogP contribution in [0.2, 0.25) is 10.0 Å². The van der Waals surface area contributed by atoms with Crippen LogP contribution in [0.3, 0.4) is 0 Å². The van der Waals surface area contributed by atoms with Crippen LogP contribution in [-0.4, -0.2) is 23.1 Å². The summed E-state index contributed by atoms with van der Waals surface area (Å²) in [4.78, 5) is 28.8. The summed E-state index contributed by atoms with van der Waals surface area (Å²) in [5, 5.41) is 0.688. The first kappa shape index (κ1) is 19.0. The Bertz CT molecular complexity index is 863. The first-order valence-electron chi connectivity index (χ1n) is 7.37. The third kappa shape index (κ3) is 3.99. The summed E-state index contributed by atoms with van der Waals surface area (Å²) in [6, 6.07) is 3.46. The molecule has 0 atom stereocenters. The number of thiazole rings is 1. The average molecular weight is 389 g/mol. The molecular weight excluding hydrogens is 371 g/mol. The molecule has 0 bridgehead atoms. The van der Waals surface area contributed by atoms with E-state index in [0.717, 1.165) is 4.70 Å². The summed E-state index contributed by atoms with van der Waals surface area (Å²) in [5.41, 5.74) is -0.0537. The smallest absolute Gasteiger partial charge is 0.326 e. The molecule has 0 aliphatic carbocycles. The van der Waals surface area contributed by atoms with Gasteiger partial charge in [0.05, 0.1) is 26.9 Å². The highest BCUT2D eigenvalue weighted by atomic mass is 35.5. The van der Waals surface area contributed by atoms with Crippen LogP contribution in [-0.2, 0) is 20.9 Å². The van der Waals surface area contributed by atoms with Crippen LogP contribution in [0, 0.1) is 5.41 Å². The lowest BCUT2D eigenvalue weighted by molar-refractivity contribution is -0.143. The molecule has 1 heterocycles. The first-order chi connectivity index (χ1) is 11.1. The number of benzene rings is 1. The van der Waals surface area contributed by atoms with Crippen molar-refractivity contribution in [2.45, 2.75) is 34.2 Å². The molecule has 2 aromatic rings. The van der Waals surface area contributed by atoms with Crippen LogP contribution in [0.15, 0.2) is 17.1 Å². The fourth-order valence-electron chi connectivity index (χ4n) is 1.93. The molecule has 1 aromatic heterocycles. The maximum Gasteiger partial charge on any atom is 0.326 e. The van der Waals surface area contributed by atoms with Crippen molar-refractivity contribution in [2.75, 3.05) is 6.61 Å². The van der Waals surface area contributed by atoms with Gasteiger partial charge in [0.25, 0.3) is 5.91 Å². The Morgan fingerprint density at radius 3 is 2.54 bits per heavy atom. The Morgan fingerprint density at radius 1 is 1.29 bits per heavy atom. The van der Waals surface area contributed by atoms with Gasteiger partial charge in [0.2, 0.25) is 0 Å². The van der Waals surface area contributed by atoms with Crippen LogP contribution in [0.25, 0.3) is 10.2 Å². The minimum atomic E-state index is -0.626. The molecule has 1 amide bonds. The van der Waals surface area contributed by atoms with Gasteiger partial charge in [-0.15, -0.1) is 0 Å². The molecule has 0 fully saturated rings. The van der Waals surface area contributed by atoms with Crippen molar-refractivity contribution in [3.05, 3.63) is 27.0 Å². The van der Waals surface area contributed by atoms with E-state index in [9.17, 15) is 9.59 Å². The Kier molecular flexibility index (Phi) is 5.73. The molecule has 0 aliphatic heterocycles. The van der Waals surface area contributed by atoms with Gasteiger partial charge in [-0.05, 0) is 19.1 Å². The van der Waals surface area contributed by atoms with Gasteiger partial charge in [-0.1, -0.05) is 55.3 Å². The quantitative estimate of drug-likeness (QED) is 0.745. The number of ether oxygens (including phenoxy) is 1. The molecule has 0 N–H and O–H groups in total. The zero-order valence-electron chi connectivity index (χ0n) is 13.9. The van der Waals surface area contributed by atoms with E-state index >= 15 is 0 Å². The monoisotopic (exact) mass is 388 g/mol. The molecule has 0 radical (unpaired) electrons. The van der Waals surface area contributed by atoms with Crippen molar-refractivity contribution in [1.29, 1.82) is 0 Å². The van der Waals surface area contributed by atoms with Gasteiger partial charge in [-0.25, -0.2) is 0 Å². The second kappa shape index (κ2) is 7.25. The number of halogens is 2. The summed E-state index contributed by atoms with van der Waals surface area (Å²) in [7, 11) is 0. The summed E-state index contributed by atoms with van der Waals surface area (Å²) in [6.45, 7) is 7.25. The van der Waals surface area contributed by atoms with Crippen LogP contribution in [0.1, 0.15) is 27.7 Å². The second-order valence-electron chi connectivity index (χ2n) is 6.15. The Balaban J connectivity index is 2.70. The molecule has 1 aromatic carbocycles. The zero-order valence-corrected chi connectivity index (χ0v) is 16.2. The number of fused-ring (bicyclic) bond motifs is 1. The van der Waals surface area contributed by atoms with Gasteiger partial charge >= 0.3 is 5.97 Å². The second-order valence-corrected chi connectivity index (χ2v) is 7.95. The fraction of sp³-hybridized carbons (Fsp3) is 0.438. The van der Waals surface area contributed by atoms with E-state index in [-0.39, 0.29) is 19.1 Å². The van der Waals surface area contributed by atoms with E-state index in [0.29, 0.717) is 20.4 Å². The molecule has 0 saturated heterocycles. The lowest BCUT2D eigenvalue weighted by Crippen LogP contribution is -2.26. The molecule has 8 heteroatoms. The van der Waals surface area contributed by atoms with E-state index in [1.165, 1.54) is 11.3 Å². The summed E-state index contributed by atoms with van der Waals surface area (Å²) < 4.78 is 7.37. The van der Waals surface area contributed by atoms with Gasteiger partial charge in [0.1, 0.15) is 6.54 Å². The normalized spacial score (nSPS) is 12.7. The standard InChI is InChI=1S/C16H18Cl2N2O3S/c1-5-23-11(21)8-20-13-10(7-6-9(17)12(13)18)24-15(20)19-14(22)16(2,3)4/h6-7H,5,8H2,1-4H3. The van der Waals surface area contributed by atoms with Gasteiger partial charge < -0.3 is 9.30 Å². The molecular formula is C16H18Cl2N2O3S. The summed E-state index contributed by atoms with van der Waals surface area (Å²) >= 11 is 13.7. The number of carbonyl (C=O) groups excluding carboxylic acids is 2. The SMILES string of the molecule is CCOC(=O)Cn1c(=NC(=O)C(C)(C)C)sc2ccc(Cl)c(Cl)c21. The van der Waals surface area contributed by atoms with Crippen LogP contribution in [0.5, 0.6) is 0 Å². The van der Waals surface area contributed by atoms with E-state index in [1.54, 1.807) is 44.4 Å². The lowest BCUT2D eigenvalue weighted by atomic mass is 9.96. The average Bonchev–Trinajstić information content (AvgIpc) is 2.80. The molecule has 5 nitrogen and oxygen atoms in total. The Morgan fingerprint density at radius 2 is 1.96 bits per heavy atom. The molecule has 24 heavy (non-hydrogen) atoms. The number of hydrogen-bond acceptors (Lipinski definition) is 4. The molecule has 0 spiro atoms. The molecule has 130 valence electrons. The number of rotatable bonds is 3. The Hall–Kier alpha value is -1.37. The molecule has 0 aliphatic rings. The lowest BCUT2D eigenvalue weighted by Gasteiger charge is -2.12. The maximum atomic E-state index is 12.3. The van der Waals surface area contributed by atoms with E-state index in [2.05, 4.69) is 4.99 Å². The molecule has 2 rings (SSSR count). The van der Waals surface area contributed by atoms with Crippen molar-refractivity contribution in [1.82, 2.24) is 4.57 Å². The molecule has 0 unspecified atom stereocenters. The van der Waals surface area contributed by atoms with Crippen molar-refractivity contribution in [2.24, 2.45) is 10.4 Å². The number of amides is 1. The van der Waals surface area contributed by atoms with E-state index < -0.39 is 11.4 Å². The third-order valence-corrected chi connectivity index (χ3v) is 5.00. The number of esters is 1. The minimum absolute atomic E-state index is 0.0931. The van der Waals surface area contributed by atoms with Crippen LogP contribution < -0.4 is 4.80 Å². The predicted octanol–water partition coefficient (Wildman–Crippen LogP) is 4.05. The third-order valence-electron chi connectivity index (χ3n) is 3.17. The van der Waals surface area contributed by atoms with Crippen LogP contribution >= 0.6 is 34.5 Å². The number of nitrogens with zero attached hydrogens (tertiary/aromatic N) is 2. The highest BCUT2D eigenvalue weighted by molar-refractivity contribution is 7.16. The number of hydrogen-bond donors (Lipinski definition) is 0. The fourth-order valence-corrected chi connectivity index (χ4v) is 3.44. The number of carbonyl (C=O) groups is 2. The largest absolute Gasteiger partial charge is 0.465 e. The van der Waals surface area contributed by atoms with Crippen LogP contribution in [0.4, 0.5) is 0 Å². The van der Waals surface area contributed by atoms with E-state index in [1.807, 2.05) is 0 Å². The van der Waals surface area contributed by atoms with Gasteiger partial charge in [-0.3, -0.25) is 9.59 Å². The summed E-state index contributed by atoms with van der Waals surface area (Å²) in [6.07, 6.45) is 0. The minimum Gasteiger partial charge on any atom is -0.465 e. The molecule has 0 saturated carbocycles. The highest BCUT2D eigenvalue weighted by Gasteiger charge is 2.22. The number of aromatic nitrogens is 1. The maximum absolute atomic E-state index is 12.3. The van der Waals surface area contributed by atoms with Gasteiger partial charge in [-0.2, -0.15) is 4.99 Å². The Labute approximate surface area is 153 Å². The van der Waals surface area contributed by atoms with Crippen molar-refractivity contribution >= 4 is 56.6 Å². The van der Waals surface area contributed by atoms with E-state index in [4.69, 9.17) is 27.9 Å². The van der Waals surface area contributed by atoms with Crippen molar-refractivity contribution in [3.63, 3.8) is 0 Å². The van der Waals surface area contributed by atoms with Crippen molar-refractivity contribution in [3.8, 4) is 0 Å². The van der Waals surface area contributed by atoms with Crippen molar-refractivity contribution < 1.29 is 14.3 Å². The topological polar surface area (TPSA) is 60.7 Å². The van der Waals surface area contributed by atoms with Gasteiger partial charge in [0, 0.05) is 5.41 Å². The summed E-state index contributed by atoms with van der Waals surface area (Å²) in [5.74, 6) is -0.716.